The van der Waals surface area contributed by atoms with Gasteiger partial charge in [0.25, 0.3) is 0 Å². The van der Waals surface area contributed by atoms with Gasteiger partial charge in [-0.05, 0) is 56.8 Å². The van der Waals surface area contributed by atoms with Crippen LogP contribution in [0.25, 0.3) is 0 Å². The Kier molecular flexibility index (Phi) is 4.72. The molecule has 0 bridgehead atoms. The predicted molar refractivity (Wildman–Crippen MR) is 71.1 cm³/mol. The third-order valence-electron chi connectivity index (χ3n) is 3.64. The Morgan fingerprint density at radius 2 is 2.33 bits per heavy atom. The first-order chi connectivity index (χ1) is 8.66. The summed E-state index contributed by atoms with van der Waals surface area (Å²) in [6.07, 6.45) is 3.82. The van der Waals surface area contributed by atoms with Gasteiger partial charge in [0.2, 0.25) is 0 Å². The van der Waals surface area contributed by atoms with Crippen LogP contribution < -0.4 is 5.32 Å². The molecule has 2 unspecified atom stereocenters. The first-order valence-corrected chi connectivity index (χ1v) is 6.78. The van der Waals surface area contributed by atoms with Crippen molar-refractivity contribution in [3.05, 3.63) is 35.1 Å². The molecule has 2 rings (SSSR count). The lowest BCUT2D eigenvalue weighted by Crippen LogP contribution is -2.23. The van der Waals surface area contributed by atoms with Crippen LogP contribution in [0.1, 0.15) is 43.4 Å². The fourth-order valence-corrected chi connectivity index (χ4v) is 2.33. The van der Waals surface area contributed by atoms with Crippen molar-refractivity contribution in [2.24, 2.45) is 0 Å². The summed E-state index contributed by atoms with van der Waals surface area (Å²) in [4.78, 5) is 0. The lowest BCUT2D eigenvalue weighted by molar-refractivity contribution is 0.103. The summed E-state index contributed by atoms with van der Waals surface area (Å²) < 4.78 is 19.0. The number of halogens is 1. The molecule has 3 heteroatoms. The molecule has 18 heavy (non-hydrogen) atoms. The molecule has 1 N–H and O–H groups in total. The molecule has 0 amide bonds. The molecule has 1 aliphatic heterocycles. The second-order valence-electron chi connectivity index (χ2n) is 5.11. The van der Waals surface area contributed by atoms with E-state index in [0.717, 1.165) is 25.1 Å². The highest BCUT2D eigenvalue weighted by Crippen LogP contribution is 2.18. The Labute approximate surface area is 109 Å². The normalized spacial score (nSPS) is 21.2. The molecule has 0 aromatic heterocycles. The van der Waals surface area contributed by atoms with Gasteiger partial charge in [0, 0.05) is 12.6 Å². The maximum Gasteiger partial charge on any atom is 0.126 e. The van der Waals surface area contributed by atoms with Gasteiger partial charge in [0.15, 0.2) is 0 Å². The van der Waals surface area contributed by atoms with Crippen LogP contribution in [-0.2, 0) is 4.74 Å². The van der Waals surface area contributed by atoms with E-state index in [1.807, 2.05) is 12.1 Å². The molecule has 0 radical (unpaired) electrons. The minimum absolute atomic E-state index is 0.125. The Morgan fingerprint density at radius 1 is 1.50 bits per heavy atom. The fraction of sp³-hybridized carbons (Fsp3) is 0.600. The number of hydrogen-bond donors (Lipinski definition) is 1. The number of nitrogens with one attached hydrogen (secondary N) is 1. The summed E-state index contributed by atoms with van der Waals surface area (Å²) in [7, 11) is 0. The smallest absolute Gasteiger partial charge is 0.126 e. The lowest BCUT2D eigenvalue weighted by Gasteiger charge is -2.16. The van der Waals surface area contributed by atoms with Crippen LogP contribution in [-0.4, -0.2) is 19.3 Å². The van der Waals surface area contributed by atoms with Gasteiger partial charge < -0.3 is 10.1 Å². The van der Waals surface area contributed by atoms with Crippen LogP contribution in [0.4, 0.5) is 4.39 Å². The van der Waals surface area contributed by atoms with Crippen molar-refractivity contribution < 1.29 is 9.13 Å². The van der Waals surface area contributed by atoms with Gasteiger partial charge in [-0.15, -0.1) is 0 Å². The average molecular weight is 251 g/mol. The quantitative estimate of drug-likeness (QED) is 0.866. The minimum atomic E-state index is -0.125. The maximum atomic E-state index is 13.5. The Hall–Kier alpha value is -0.930. The molecular formula is C15H22FNO. The molecule has 2 atom stereocenters. The van der Waals surface area contributed by atoms with Crippen LogP contribution in [0.15, 0.2) is 18.2 Å². The third kappa shape index (κ3) is 3.53. The maximum absolute atomic E-state index is 13.5. The number of rotatable bonds is 5. The average Bonchev–Trinajstić information content (AvgIpc) is 2.85. The van der Waals surface area contributed by atoms with Crippen molar-refractivity contribution in [1.82, 2.24) is 5.32 Å². The monoisotopic (exact) mass is 251 g/mol. The summed E-state index contributed by atoms with van der Waals surface area (Å²) in [5.41, 5.74) is 1.70. The summed E-state index contributed by atoms with van der Waals surface area (Å²) in [6.45, 7) is 5.68. The van der Waals surface area contributed by atoms with Crippen molar-refractivity contribution in [3.8, 4) is 0 Å². The van der Waals surface area contributed by atoms with E-state index in [-0.39, 0.29) is 11.9 Å². The molecule has 1 fully saturated rings. The molecule has 2 nitrogen and oxygen atoms in total. The van der Waals surface area contributed by atoms with Crippen LogP contribution in [0.3, 0.4) is 0 Å². The SMILES string of the molecule is Cc1ccc(C(C)NCCC2CCCO2)cc1F. The lowest BCUT2D eigenvalue weighted by atomic mass is 10.1. The van der Waals surface area contributed by atoms with Gasteiger partial charge in [0.1, 0.15) is 5.82 Å². The number of benzene rings is 1. The van der Waals surface area contributed by atoms with E-state index in [1.54, 1.807) is 13.0 Å². The highest BCUT2D eigenvalue weighted by Gasteiger charge is 2.15. The van der Waals surface area contributed by atoms with Crippen LogP contribution in [0.2, 0.25) is 0 Å². The zero-order chi connectivity index (χ0) is 13.0. The molecule has 1 saturated heterocycles. The molecule has 0 saturated carbocycles. The molecule has 0 aliphatic carbocycles. The Morgan fingerprint density at radius 3 is 3.00 bits per heavy atom. The Bertz CT molecular complexity index is 388. The topological polar surface area (TPSA) is 21.3 Å². The van der Waals surface area contributed by atoms with E-state index in [9.17, 15) is 4.39 Å². The van der Waals surface area contributed by atoms with Gasteiger partial charge in [-0.25, -0.2) is 4.39 Å². The molecule has 1 aromatic carbocycles. The molecule has 100 valence electrons. The third-order valence-corrected chi connectivity index (χ3v) is 3.64. The van der Waals surface area contributed by atoms with E-state index < -0.39 is 0 Å². The summed E-state index contributed by atoms with van der Waals surface area (Å²) in [5, 5.41) is 3.43. The first kappa shape index (κ1) is 13.5. The molecule has 0 spiro atoms. The number of hydrogen-bond acceptors (Lipinski definition) is 2. The fourth-order valence-electron chi connectivity index (χ4n) is 2.33. The second kappa shape index (κ2) is 6.30. The Balaban J connectivity index is 1.79. The van der Waals surface area contributed by atoms with Gasteiger partial charge in [-0.1, -0.05) is 12.1 Å². The standard InChI is InChI=1S/C15H22FNO/c1-11-5-6-13(10-15(11)16)12(2)17-8-7-14-4-3-9-18-14/h5-6,10,12,14,17H,3-4,7-9H2,1-2H3. The van der Waals surface area contributed by atoms with Gasteiger partial charge in [0.05, 0.1) is 6.10 Å². The van der Waals surface area contributed by atoms with E-state index in [4.69, 9.17) is 4.74 Å². The highest BCUT2D eigenvalue weighted by molar-refractivity contribution is 5.25. The van der Waals surface area contributed by atoms with E-state index in [0.29, 0.717) is 11.7 Å². The molecule has 1 heterocycles. The predicted octanol–water partition coefficient (Wildman–Crippen LogP) is 3.35. The van der Waals surface area contributed by atoms with Crippen molar-refractivity contribution >= 4 is 0 Å². The zero-order valence-corrected chi connectivity index (χ0v) is 11.2. The van der Waals surface area contributed by atoms with Crippen LogP contribution in [0, 0.1) is 12.7 Å². The van der Waals surface area contributed by atoms with Crippen molar-refractivity contribution in [3.63, 3.8) is 0 Å². The number of ether oxygens (including phenoxy) is 1. The second-order valence-corrected chi connectivity index (χ2v) is 5.11. The van der Waals surface area contributed by atoms with Crippen molar-refractivity contribution in [2.75, 3.05) is 13.2 Å². The number of aryl methyl sites for hydroxylation is 1. The molecule has 1 aromatic rings. The summed E-state index contributed by atoms with van der Waals surface area (Å²) in [6, 6.07) is 5.63. The summed E-state index contributed by atoms with van der Waals surface area (Å²) in [5.74, 6) is -0.125. The van der Waals surface area contributed by atoms with Gasteiger partial charge in [-0.2, -0.15) is 0 Å². The van der Waals surface area contributed by atoms with Crippen molar-refractivity contribution in [2.45, 2.75) is 45.3 Å². The minimum Gasteiger partial charge on any atom is -0.378 e. The van der Waals surface area contributed by atoms with E-state index in [1.165, 1.54) is 12.8 Å². The highest BCUT2D eigenvalue weighted by atomic mass is 19.1. The first-order valence-electron chi connectivity index (χ1n) is 6.78. The van der Waals surface area contributed by atoms with Crippen molar-refractivity contribution in [1.29, 1.82) is 0 Å². The van der Waals surface area contributed by atoms with Crippen LogP contribution in [0.5, 0.6) is 0 Å². The van der Waals surface area contributed by atoms with Gasteiger partial charge in [-0.3, -0.25) is 0 Å². The molecular weight excluding hydrogens is 229 g/mol. The van der Waals surface area contributed by atoms with Gasteiger partial charge >= 0.3 is 0 Å². The summed E-state index contributed by atoms with van der Waals surface area (Å²) >= 11 is 0. The zero-order valence-electron chi connectivity index (χ0n) is 11.2. The van der Waals surface area contributed by atoms with E-state index >= 15 is 0 Å². The van der Waals surface area contributed by atoms with Crippen LogP contribution >= 0.6 is 0 Å². The van der Waals surface area contributed by atoms with E-state index in [2.05, 4.69) is 12.2 Å². The molecule has 1 aliphatic rings. The largest absolute Gasteiger partial charge is 0.378 e.